The molecule has 1 aromatic carbocycles. The van der Waals surface area contributed by atoms with Gasteiger partial charge in [-0.25, -0.2) is 0 Å². The van der Waals surface area contributed by atoms with Gasteiger partial charge in [-0.3, -0.25) is 4.79 Å². The van der Waals surface area contributed by atoms with Crippen LogP contribution in [0.2, 0.25) is 0 Å². The highest BCUT2D eigenvalue weighted by atomic mass is 32.2. The number of amides is 1. The summed E-state index contributed by atoms with van der Waals surface area (Å²) in [6.45, 7) is 8.95. The molecule has 1 saturated heterocycles. The molecule has 2 aromatic rings. The van der Waals surface area contributed by atoms with Gasteiger partial charge in [0.1, 0.15) is 31.7 Å². The van der Waals surface area contributed by atoms with Crippen LogP contribution in [-0.4, -0.2) is 84.7 Å². The summed E-state index contributed by atoms with van der Waals surface area (Å²) in [5.74, 6) is 0.415. The van der Waals surface area contributed by atoms with E-state index in [1.54, 1.807) is 42.0 Å². The number of morpholine rings is 1. The molecule has 11 heteroatoms. The van der Waals surface area contributed by atoms with E-state index in [0.29, 0.717) is 31.0 Å². The molecule has 182 valence electrons. The first-order valence-electron chi connectivity index (χ1n) is 10.6. The van der Waals surface area contributed by atoms with E-state index < -0.39 is 0 Å². The maximum atomic E-state index is 13.1. The van der Waals surface area contributed by atoms with Crippen LogP contribution in [0.3, 0.4) is 0 Å². The van der Waals surface area contributed by atoms with Crippen LogP contribution in [0.5, 0.6) is 23.8 Å². The molecule has 3 rings (SSSR count). The number of hydrogen-bond donors (Lipinski definition) is 0. The minimum absolute atomic E-state index is 0.0227. The van der Waals surface area contributed by atoms with Gasteiger partial charge in [0.2, 0.25) is 0 Å². The molecular weight excluding hydrogens is 460 g/mol. The molecule has 1 atom stereocenters. The van der Waals surface area contributed by atoms with Crippen LogP contribution >= 0.6 is 11.8 Å². The molecular formula is C23H28N4O6S. The van der Waals surface area contributed by atoms with Crippen LogP contribution in [0, 0.1) is 0 Å². The van der Waals surface area contributed by atoms with Crippen molar-refractivity contribution in [1.82, 2.24) is 19.9 Å². The second kappa shape index (κ2) is 12.8. The zero-order valence-corrected chi connectivity index (χ0v) is 20.1. The lowest BCUT2D eigenvalue weighted by Crippen LogP contribution is -2.47. The molecule has 0 aliphatic carbocycles. The molecule has 1 aromatic heterocycles. The topological polar surface area (TPSA) is 105 Å². The Labute approximate surface area is 202 Å². The summed E-state index contributed by atoms with van der Waals surface area (Å²) in [5, 5.41) is 0. The Hall–Kier alpha value is -3.31. The summed E-state index contributed by atoms with van der Waals surface area (Å²) in [4.78, 5) is 28.2. The second-order valence-electron chi connectivity index (χ2n) is 7.00. The predicted molar refractivity (Wildman–Crippen MR) is 127 cm³/mol. The average molecular weight is 489 g/mol. The van der Waals surface area contributed by atoms with Gasteiger partial charge < -0.3 is 28.6 Å². The van der Waals surface area contributed by atoms with E-state index in [9.17, 15) is 4.79 Å². The van der Waals surface area contributed by atoms with Crippen molar-refractivity contribution >= 4 is 17.7 Å². The van der Waals surface area contributed by atoms with Crippen LogP contribution in [0.25, 0.3) is 0 Å². The lowest BCUT2D eigenvalue weighted by atomic mass is 10.1. The number of methoxy groups -OCH3 is 1. The molecule has 1 fully saturated rings. The molecule has 0 radical (unpaired) electrons. The van der Waals surface area contributed by atoms with E-state index in [0.717, 1.165) is 4.90 Å². The van der Waals surface area contributed by atoms with Gasteiger partial charge in [0.15, 0.2) is 0 Å². The first-order valence-corrected chi connectivity index (χ1v) is 11.8. The molecule has 2 heterocycles. The Morgan fingerprint density at radius 1 is 1.15 bits per heavy atom. The third-order valence-corrected chi connectivity index (χ3v) is 5.42. The Kier molecular flexibility index (Phi) is 9.53. The van der Waals surface area contributed by atoms with Crippen molar-refractivity contribution in [3.63, 3.8) is 0 Å². The predicted octanol–water partition coefficient (Wildman–Crippen LogP) is 2.65. The van der Waals surface area contributed by atoms with Crippen LogP contribution in [-0.2, 0) is 4.74 Å². The Balaban J connectivity index is 1.65. The highest BCUT2D eigenvalue weighted by Crippen LogP contribution is 2.27. The van der Waals surface area contributed by atoms with Crippen LogP contribution in [0.15, 0.2) is 48.4 Å². The quantitative estimate of drug-likeness (QED) is 0.327. The van der Waals surface area contributed by atoms with Gasteiger partial charge in [0, 0.05) is 11.4 Å². The fourth-order valence-corrected chi connectivity index (χ4v) is 3.53. The fraction of sp³-hybridized carbons (Fsp3) is 0.391. The minimum Gasteiger partial charge on any atom is -0.496 e. The molecule has 10 nitrogen and oxygen atoms in total. The highest BCUT2D eigenvalue weighted by Gasteiger charge is 2.27. The van der Waals surface area contributed by atoms with Crippen molar-refractivity contribution in [1.29, 1.82) is 0 Å². The van der Waals surface area contributed by atoms with Gasteiger partial charge >= 0.3 is 18.0 Å². The summed E-state index contributed by atoms with van der Waals surface area (Å²) in [5.41, 5.74) is 0.507. The van der Waals surface area contributed by atoms with Gasteiger partial charge in [0.05, 0.1) is 25.8 Å². The van der Waals surface area contributed by atoms with Crippen molar-refractivity contribution in [2.24, 2.45) is 0 Å². The highest BCUT2D eigenvalue weighted by molar-refractivity contribution is 7.98. The Bertz CT molecular complexity index is 975. The number of aromatic nitrogens is 3. The van der Waals surface area contributed by atoms with Gasteiger partial charge in [-0.05, 0) is 24.5 Å². The standard InChI is InChI=1S/C23H28N4O6S/c1-5-10-31-21-24-22(32-11-6-2)26-23(25-21)33-15-16-14-27(9-12-30-16)20(28)18-8-7-17(34-4)13-19(18)29-3/h5-8,13,16H,1-2,9-12,14-15H2,3-4H3. The number of nitrogens with zero attached hydrogens (tertiary/aromatic N) is 4. The van der Waals surface area contributed by atoms with E-state index in [1.165, 1.54) is 0 Å². The van der Waals surface area contributed by atoms with Crippen LogP contribution < -0.4 is 18.9 Å². The second-order valence-corrected chi connectivity index (χ2v) is 7.88. The van der Waals surface area contributed by atoms with E-state index in [-0.39, 0.29) is 49.9 Å². The third kappa shape index (κ3) is 6.84. The lowest BCUT2D eigenvalue weighted by molar-refractivity contribution is -0.0416. The zero-order chi connectivity index (χ0) is 24.3. The molecule has 0 saturated carbocycles. The smallest absolute Gasteiger partial charge is 0.326 e. The van der Waals surface area contributed by atoms with Crippen molar-refractivity contribution in [3.05, 3.63) is 49.1 Å². The first-order chi connectivity index (χ1) is 16.6. The number of hydrogen-bond acceptors (Lipinski definition) is 10. The number of ether oxygens (including phenoxy) is 5. The largest absolute Gasteiger partial charge is 0.496 e. The van der Waals surface area contributed by atoms with E-state index in [1.807, 2.05) is 18.4 Å². The summed E-state index contributed by atoms with van der Waals surface area (Å²) < 4.78 is 27.7. The maximum Gasteiger partial charge on any atom is 0.326 e. The molecule has 1 unspecified atom stereocenters. The van der Waals surface area contributed by atoms with Gasteiger partial charge in [0.25, 0.3) is 5.91 Å². The summed E-state index contributed by atoms with van der Waals surface area (Å²) in [6, 6.07) is 5.67. The normalized spacial score (nSPS) is 15.4. The number of thioether (sulfide) groups is 1. The maximum absolute atomic E-state index is 13.1. The van der Waals surface area contributed by atoms with E-state index in [2.05, 4.69) is 28.1 Å². The fourth-order valence-electron chi connectivity index (χ4n) is 3.10. The molecule has 1 amide bonds. The van der Waals surface area contributed by atoms with Crippen molar-refractivity contribution in [3.8, 4) is 23.8 Å². The van der Waals surface area contributed by atoms with Gasteiger partial charge in [-0.2, -0.15) is 0 Å². The number of carbonyl (C=O) groups is 1. The number of benzene rings is 1. The molecule has 0 N–H and O–H groups in total. The molecule has 0 spiro atoms. The van der Waals surface area contributed by atoms with Crippen molar-refractivity contribution in [2.45, 2.75) is 11.0 Å². The van der Waals surface area contributed by atoms with Gasteiger partial charge in [-0.1, -0.05) is 25.3 Å². The average Bonchev–Trinajstić information content (AvgIpc) is 2.88. The van der Waals surface area contributed by atoms with Crippen LogP contribution in [0.1, 0.15) is 10.4 Å². The van der Waals surface area contributed by atoms with Gasteiger partial charge in [-0.15, -0.1) is 26.7 Å². The number of carbonyl (C=O) groups excluding carboxylic acids is 1. The molecule has 0 bridgehead atoms. The minimum atomic E-state index is -0.374. The Morgan fingerprint density at radius 2 is 1.79 bits per heavy atom. The summed E-state index contributed by atoms with van der Waals surface area (Å²) >= 11 is 1.58. The molecule has 1 aliphatic heterocycles. The molecule has 34 heavy (non-hydrogen) atoms. The van der Waals surface area contributed by atoms with Crippen LogP contribution in [0.4, 0.5) is 0 Å². The molecule has 1 aliphatic rings. The Morgan fingerprint density at radius 3 is 2.38 bits per heavy atom. The summed E-state index contributed by atoms with van der Waals surface area (Å²) in [7, 11) is 1.56. The van der Waals surface area contributed by atoms with E-state index in [4.69, 9.17) is 23.7 Å². The van der Waals surface area contributed by atoms with Crippen molar-refractivity contribution in [2.75, 3.05) is 52.9 Å². The number of rotatable bonds is 12. The first kappa shape index (κ1) is 25.3. The lowest BCUT2D eigenvalue weighted by Gasteiger charge is -2.33. The zero-order valence-electron chi connectivity index (χ0n) is 19.3. The van der Waals surface area contributed by atoms with E-state index >= 15 is 0 Å². The third-order valence-electron chi connectivity index (χ3n) is 4.70. The summed E-state index contributed by atoms with van der Waals surface area (Å²) in [6.07, 6.45) is 4.73. The van der Waals surface area contributed by atoms with Crippen molar-refractivity contribution < 1.29 is 28.5 Å². The monoisotopic (exact) mass is 488 g/mol. The SMILES string of the molecule is C=CCOc1nc(OCC=C)nc(OCC2CN(C(=O)c3ccc(SC)cc3OC)CCO2)n1.